The third-order valence-corrected chi connectivity index (χ3v) is 9.17. The van der Waals surface area contributed by atoms with Gasteiger partial charge in [-0.25, -0.2) is 0 Å². The van der Waals surface area contributed by atoms with Crippen molar-refractivity contribution < 1.29 is 10.2 Å². The van der Waals surface area contributed by atoms with Crippen molar-refractivity contribution in [2.45, 2.75) is 46.0 Å². The van der Waals surface area contributed by atoms with Crippen LogP contribution < -0.4 is 0 Å². The topological polar surface area (TPSA) is 40.5 Å². The van der Waals surface area contributed by atoms with Gasteiger partial charge in [-0.15, -0.1) is 12.3 Å². The average molecular weight is 668 g/mol. The number of benzene rings is 6. The van der Waals surface area contributed by atoms with Crippen LogP contribution in [0.15, 0.2) is 102 Å². The van der Waals surface area contributed by atoms with Crippen LogP contribution in [0.25, 0.3) is 54.2 Å². The number of aliphatic hydroxyl groups is 2. The first-order chi connectivity index (χ1) is 22.1. The lowest BCUT2D eigenvalue weighted by Crippen LogP contribution is -2.05. The fourth-order valence-electron chi connectivity index (χ4n) is 6.35. The van der Waals surface area contributed by atoms with Crippen LogP contribution in [0.1, 0.15) is 56.2 Å². The summed E-state index contributed by atoms with van der Waals surface area (Å²) in [5.74, 6) is 8.92. The maximum absolute atomic E-state index is 8.86. The van der Waals surface area contributed by atoms with Gasteiger partial charge in [0.1, 0.15) is 0 Å². The summed E-state index contributed by atoms with van der Waals surface area (Å²) in [7, 11) is 0. The smallest absolute Gasteiger partial charge is 0.0440 e. The highest BCUT2D eigenvalue weighted by atomic mass is 79.9. The first-order valence-electron chi connectivity index (χ1n) is 15.5. The molecule has 0 saturated carbocycles. The van der Waals surface area contributed by atoms with E-state index in [9.17, 15) is 0 Å². The van der Waals surface area contributed by atoms with Crippen molar-refractivity contribution in [1.82, 2.24) is 0 Å². The van der Waals surface area contributed by atoms with Gasteiger partial charge in [-0.2, -0.15) is 0 Å². The second kappa shape index (κ2) is 15.3. The Bertz CT molecular complexity index is 2150. The molecule has 0 bridgehead atoms. The number of allylic oxidation sites excluding steroid dienone is 4. The first kappa shape index (κ1) is 33.0. The molecule has 0 radical (unpaired) electrons. The van der Waals surface area contributed by atoms with Crippen molar-refractivity contribution in [3.63, 3.8) is 0 Å². The summed E-state index contributed by atoms with van der Waals surface area (Å²) in [4.78, 5) is 0. The Morgan fingerprint density at radius 1 is 0.674 bits per heavy atom. The van der Waals surface area contributed by atoms with E-state index in [4.69, 9.17) is 16.6 Å². The minimum atomic E-state index is 0. The van der Waals surface area contributed by atoms with E-state index in [0.29, 0.717) is 6.42 Å². The van der Waals surface area contributed by atoms with Gasteiger partial charge in [0.05, 0.1) is 0 Å². The predicted octanol–water partition coefficient (Wildman–Crippen LogP) is 10.7. The Kier molecular flexibility index (Phi) is 11.0. The van der Waals surface area contributed by atoms with Crippen LogP contribution >= 0.6 is 15.9 Å². The lowest BCUT2D eigenvalue weighted by molar-refractivity contribution is 0.290. The van der Waals surface area contributed by atoms with Crippen molar-refractivity contribution in [2.24, 2.45) is 0 Å². The summed E-state index contributed by atoms with van der Waals surface area (Å²) >= 11 is 3.64. The summed E-state index contributed by atoms with van der Waals surface area (Å²) in [6.45, 7) is 0.426. The normalized spacial score (nSPS) is 12.5. The monoisotopic (exact) mass is 666 g/mol. The molecule has 0 heterocycles. The molecule has 2 aliphatic rings. The highest BCUT2D eigenvalue weighted by Gasteiger charge is 2.22. The van der Waals surface area contributed by atoms with E-state index < -0.39 is 0 Å². The number of aliphatic hydroxyl groups excluding tert-OH is 2. The zero-order valence-corrected chi connectivity index (χ0v) is 26.8. The van der Waals surface area contributed by atoms with E-state index in [1.165, 1.54) is 69.8 Å². The molecule has 8 rings (SSSR count). The van der Waals surface area contributed by atoms with Crippen molar-refractivity contribution in [2.75, 3.05) is 13.2 Å². The van der Waals surface area contributed by atoms with Crippen LogP contribution in [-0.2, 0) is 6.42 Å². The zero-order valence-electron chi connectivity index (χ0n) is 25.2. The van der Waals surface area contributed by atoms with Gasteiger partial charge in [-0.3, -0.25) is 0 Å². The maximum Gasteiger partial charge on any atom is 0.0440 e. The molecule has 0 aromatic heterocycles. The molecule has 3 heteroatoms. The third-order valence-electron chi connectivity index (χ3n) is 8.48. The van der Waals surface area contributed by atoms with E-state index in [1.54, 1.807) is 0 Å². The van der Waals surface area contributed by atoms with Crippen LogP contribution in [0, 0.1) is 24.2 Å². The number of hydrogen-bond acceptors (Lipinski definition) is 2. The van der Waals surface area contributed by atoms with Crippen molar-refractivity contribution in [1.29, 1.82) is 0 Å². The Balaban J connectivity index is 0.000000155. The number of hydrogen-bond donors (Lipinski definition) is 2. The summed E-state index contributed by atoms with van der Waals surface area (Å²) < 4.78 is 1.17. The average Bonchev–Trinajstić information content (AvgIpc) is 3.09. The predicted molar refractivity (Wildman–Crippen MR) is 202 cm³/mol. The van der Waals surface area contributed by atoms with Crippen molar-refractivity contribution in [3.05, 3.63) is 118 Å². The second-order valence-corrected chi connectivity index (χ2v) is 12.2. The third kappa shape index (κ3) is 6.60. The van der Waals surface area contributed by atoms with Crippen molar-refractivity contribution in [3.8, 4) is 24.2 Å². The van der Waals surface area contributed by atoms with Gasteiger partial charge in [-0.1, -0.05) is 126 Å². The summed E-state index contributed by atoms with van der Waals surface area (Å²) in [6.07, 6.45) is 14.4. The van der Waals surface area contributed by atoms with Crippen LogP contribution in [0.5, 0.6) is 0 Å². The molecule has 0 atom stereocenters. The van der Waals surface area contributed by atoms with Gasteiger partial charge in [0.15, 0.2) is 0 Å². The highest BCUT2D eigenvalue weighted by Crippen LogP contribution is 2.42. The molecule has 0 unspecified atom stereocenters. The largest absolute Gasteiger partial charge is 0.396 e. The van der Waals surface area contributed by atoms with Gasteiger partial charge in [0.25, 0.3) is 0 Å². The summed E-state index contributed by atoms with van der Waals surface area (Å²) in [5, 5.41) is 27.7. The molecule has 0 spiro atoms. The van der Waals surface area contributed by atoms with Crippen LogP contribution in [0.4, 0.5) is 0 Å². The minimum Gasteiger partial charge on any atom is -0.396 e. The fourth-order valence-corrected chi connectivity index (χ4v) is 6.81. The van der Waals surface area contributed by atoms with E-state index in [1.807, 2.05) is 0 Å². The zero-order chi connectivity index (χ0) is 31.2. The maximum atomic E-state index is 8.86. The van der Waals surface area contributed by atoms with E-state index in [-0.39, 0.29) is 20.6 Å². The Labute approximate surface area is 280 Å². The van der Waals surface area contributed by atoms with E-state index in [2.05, 4.69) is 131 Å². The number of halogens is 1. The number of unbranched alkanes of at least 4 members (excludes halogenated alkanes) is 2. The first-order valence-corrected chi connectivity index (χ1v) is 16.3. The molecule has 0 saturated heterocycles. The lowest BCUT2D eigenvalue weighted by Gasteiger charge is -2.24. The molecule has 2 N–H and O–H groups in total. The molecule has 230 valence electrons. The molecule has 0 fully saturated rings. The number of rotatable bonds is 4. The molecule has 0 amide bonds. The highest BCUT2D eigenvalue weighted by molar-refractivity contribution is 9.10. The minimum absolute atomic E-state index is 0. The molecule has 0 aliphatic heterocycles. The molecule has 2 nitrogen and oxygen atoms in total. The Morgan fingerprint density at radius 2 is 1.30 bits per heavy atom. The molecular formula is C43H39BrO2. The number of terminal acetylenes is 1. The summed E-state index contributed by atoms with van der Waals surface area (Å²) in [6, 6.07) is 30.6. The Hall–Kier alpha value is -4.38. The van der Waals surface area contributed by atoms with Crippen LogP contribution in [-0.4, -0.2) is 23.4 Å². The molecule has 46 heavy (non-hydrogen) atoms. The van der Waals surface area contributed by atoms with Gasteiger partial charge in [0, 0.05) is 36.1 Å². The standard InChI is InChI=1S/C21H18O.C16H9Br.C5H8O.CH4/c22-14-3-1-2-5-15-8-9-18-11-10-16-6-4-7-17-12-13-19(15)21(18)20(16)17;17-14-9-7-12-5-4-10-2-1-3-11-6-8-13(14)16(12)15(10)11;1-2-3-4-5-6;/h4,6-8,11-13,22H,1,3,9-10,14H2;1-9H;1,6H,3-5H2;1H4. The van der Waals surface area contributed by atoms with E-state index in [0.717, 1.165) is 37.7 Å². The molecule has 6 aromatic carbocycles. The Morgan fingerprint density at radius 3 is 2.02 bits per heavy atom. The molecule has 2 aliphatic carbocycles. The lowest BCUT2D eigenvalue weighted by atomic mass is 9.79. The van der Waals surface area contributed by atoms with Gasteiger partial charge < -0.3 is 10.2 Å². The quantitative estimate of drug-likeness (QED) is 0.112. The van der Waals surface area contributed by atoms with Crippen molar-refractivity contribution >= 4 is 70.2 Å². The second-order valence-electron chi connectivity index (χ2n) is 11.3. The van der Waals surface area contributed by atoms with Gasteiger partial charge in [-0.05, 0) is 97.1 Å². The van der Waals surface area contributed by atoms with Crippen LogP contribution in [0.3, 0.4) is 0 Å². The van der Waals surface area contributed by atoms with Crippen LogP contribution in [0.2, 0.25) is 0 Å². The van der Waals surface area contributed by atoms with Gasteiger partial charge >= 0.3 is 0 Å². The SMILES string of the molecule is Brc1ccc2ccc3cccc4ccc1c2c34.C.C#CCCCO.OCCCC#CC1=CCC2=CCc3cccc4ccc1c2c34. The van der Waals surface area contributed by atoms with Gasteiger partial charge in [0.2, 0.25) is 0 Å². The summed E-state index contributed by atoms with van der Waals surface area (Å²) in [5.41, 5.74) is 6.68. The fraction of sp³-hybridized carbons (Fsp3) is 0.209. The molecule has 6 aromatic rings. The van der Waals surface area contributed by atoms with E-state index >= 15 is 0 Å². The molecular weight excluding hydrogens is 628 g/mol.